The second-order valence-corrected chi connectivity index (χ2v) is 7.32. The van der Waals surface area contributed by atoms with Crippen molar-refractivity contribution in [3.63, 3.8) is 0 Å². The van der Waals surface area contributed by atoms with E-state index in [0.717, 1.165) is 40.9 Å². The Morgan fingerprint density at radius 2 is 1.60 bits per heavy atom. The summed E-state index contributed by atoms with van der Waals surface area (Å²) in [6, 6.07) is 20.3. The van der Waals surface area contributed by atoms with Crippen LogP contribution in [-0.4, -0.2) is 16.7 Å². The number of amides is 1. The van der Waals surface area contributed by atoms with Gasteiger partial charge in [-0.1, -0.05) is 35.9 Å². The van der Waals surface area contributed by atoms with Gasteiger partial charge in [0, 0.05) is 34.7 Å². The van der Waals surface area contributed by atoms with Crippen LogP contribution >= 0.6 is 0 Å². The number of ketones is 1. The predicted octanol–water partition coefficient (Wildman–Crippen LogP) is 5.07. The molecule has 0 radical (unpaired) electrons. The van der Waals surface area contributed by atoms with E-state index in [-0.39, 0.29) is 11.7 Å². The highest BCUT2D eigenvalue weighted by molar-refractivity contribution is 6.15. The van der Waals surface area contributed by atoms with Crippen LogP contribution in [-0.2, 0) is 0 Å². The molecule has 146 valence electrons. The molecule has 0 atom stereocenters. The lowest BCUT2D eigenvalue weighted by Gasteiger charge is -2.21. The molecule has 1 aromatic heterocycles. The first-order chi connectivity index (χ1) is 14.7. The Morgan fingerprint density at radius 3 is 2.30 bits per heavy atom. The summed E-state index contributed by atoms with van der Waals surface area (Å²) in [4.78, 5) is 29.1. The number of pyridine rings is 1. The average molecular weight is 393 g/mol. The molecule has 0 spiro atoms. The van der Waals surface area contributed by atoms with Crippen LogP contribution in [0.3, 0.4) is 0 Å². The third-order valence-corrected chi connectivity index (χ3v) is 5.19. The zero-order chi connectivity index (χ0) is 20.5. The van der Waals surface area contributed by atoms with Gasteiger partial charge in [-0.3, -0.25) is 9.59 Å². The third-order valence-electron chi connectivity index (χ3n) is 5.19. The molecule has 5 rings (SSSR count). The molecule has 5 heteroatoms. The van der Waals surface area contributed by atoms with Crippen LogP contribution in [0.1, 0.15) is 39.1 Å². The topological polar surface area (TPSA) is 71.1 Å². The SMILES string of the molecule is O=C(Nc1ccccn1)c1ccc(NC2=CC(=O)c3ccccc3C2=C2CC2)cc1. The molecule has 2 N–H and O–H groups in total. The Labute approximate surface area is 174 Å². The van der Waals surface area contributed by atoms with Crippen LogP contribution in [0.25, 0.3) is 5.57 Å². The number of nitrogens with zero attached hydrogens (tertiary/aromatic N) is 1. The molecule has 2 aromatic carbocycles. The van der Waals surface area contributed by atoms with Crippen LogP contribution in [0.4, 0.5) is 11.5 Å². The number of anilines is 2. The zero-order valence-corrected chi connectivity index (χ0v) is 16.2. The van der Waals surface area contributed by atoms with Gasteiger partial charge in [-0.2, -0.15) is 0 Å². The van der Waals surface area contributed by atoms with Gasteiger partial charge in [0.25, 0.3) is 5.91 Å². The van der Waals surface area contributed by atoms with Crippen LogP contribution < -0.4 is 10.6 Å². The van der Waals surface area contributed by atoms with Crippen molar-refractivity contribution in [3.05, 3.63) is 107 Å². The molecule has 0 saturated heterocycles. The minimum atomic E-state index is -0.220. The first kappa shape index (κ1) is 18.1. The lowest BCUT2D eigenvalue weighted by Crippen LogP contribution is -2.15. The van der Waals surface area contributed by atoms with Gasteiger partial charge in [0.2, 0.25) is 0 Å². The Morgan fingerprint density at radius 1 is 0.867 bits per heavy atom. The lowest BCUT2D eigenvalue weighted by molar-refractivity contribution is 0.102. The molecule has 2 aliphatic rings. The average Bonchev–Trinajstić information content (AvgIpc) is 3.60. The van der Waals surface area contributed by atoms with Gasteiger partial charge in [-0.25, -0.2) is 4.98 Å². The van der Waals surface area contributed by atoms with Crippen LogP contribution in [0, 0.1) is 0 Å². The van der Waals surface area contributed by atoms with Crippen LogP contribution in [0.2, 0.25) is 0 Å². The molecule has 0 unspecified atom stereocenters. The molecular formula is C25H19N3O2. The van der Waals surface area contributed by atoms with E-state index in [1.54, 1.807) is 36.5 Å². The maximum absolute atomic E-state index is 12.6. The molecule has 30 heavy (non-hydrogen) atoms. The number of hydrogen-bond acceptors (Lipinski definition) is 4. The highest BCUT2D eigenvalue weighted by atomic mass is 16.1. The highest BCUT2D eigenvalue weighted by Crippen LogP contribution is 2.43. The molecule has 0 bridgehead atoms. The molecule has 3 aromatic rings. The van der Waals surface area contributed by atoms with Crippen LogP contribution in [0.5, 0.6) is 0 Å². The van der Waals surface area contributed by atoms with Gasteiger partial charge >= 0.3 is 0 Å². The van der Waals surface area contributed by atoms with Gasteiger partial charge in [0.1, 0.15) is 5.82 Å². The zero-order valence-electron chi connectivity index (χ0n) is 16.2. The first-order valence-corrected chi connectivity index (χ1v) is 9.86. The Hall–Kier alpha value is -3.99. The minimum absolute atomic E-state index is 0.00413. The first-order valence-electron chi connectivity index (χ1n) is 9.86. The van der Waals surface area contributed by atoms with Crippen molar-refractivity contribution in [2.45, 2.75) is 12.8 Å². The van der Waals surface area contributed by atoms with Gasteiger partial charge in [0.05, 0.1) is 5.70 Å². The maximum atomic E-state index is 12.6. The second kappa shape index (κ2) is 7.44. The quantitative estimate of drug-likeness (QED) is 0.649. The number of carbonyl (C=O) groups excluding carboxylic acids is 2. The van der Waals surface area contributed by atoms with E-state index in [4.69, 9.17) is 0 Å². The number of hydrogen-bond donors (Lipinski definition) is 2. The summed E-state index contributed by atoms with van der Waals surface area (Å²) in [5.41, 5.74) is 6.40. The van der Waals surface area contributed by atoms with Crippen LogP contribution in [0.15, 0.2) is 90.3 Å². The molecule has 1 fully saturated rings. The van der Waals surface area contributed by atoms with Crippen molar-refractivity contribution >= 4 is 28.8 Å². The van der Waals surface area contributed by atoms with Crippen molar-refractivity contribution in [2.75, 3.05) is 10.6 Å². The van der Waals surface area contributed by atoms with Crippen molar-refractivity contribution in [1.29, 1.82) is 0 Å². The summed E-state index contributed by atoms with van der Waals surface area (Å²) in [6.45, 7) is 0. The molecular weight excluding hydrogens is 374 g/mol. The number of aromatic nitrogens is 1. The summed E-state index contributed by atoms with van der Waals surface area (Å²) in [7, 11) is 0. The normalized spacial score (nSPS) is 14.7. The number of fused-ring (bicyclic) bond motifs is 1. The van der Waals surface area contributed by atoms with E-state index in [1.165, 1.54) is 5.57 Å². The molecule has 0 aliphatic heterocycles. The molecule has 1 heterocycles. The maximum Gasteiger partial charge on any atom is 0.256 e. The fourth-order valence-corrected chi connectivity index (χ4v) is 3.62. The van der Waals surface area contributed by atoms with Gasteiger partial charge < -0.3 is 10.6 Å². The molecule has 2 aliphatic carbocycles. The van der Waals surface area contributed by atoms with Gasteiger partial charge in [-0.15, -0.1) is 0 Å². The summed E-state index contributed by atoms with van der Waals surface area (Å²) in [5.74, 6) is 0.293. The second-order valence-electron chi connectivity index (χ2n) is 7.32. The Balaban J connectivity index is 1.37. The van der Waals surface area contributed by atoms with E-state index < -0.39 is 0 Å². The lowest BCUT2D eigenvalue weighted by atomic mass is 9.88. The molecule has 5 nitrogen and oxygen atoms in total. The van der Waals surface area contributed by atoms with E-state index in [0.29, 0.717) is 11.4 Å². The molecule has 1 saturated carbocycles. The number of benzene rings is 2. The third kappa shape index (κ3) is 3.53. The monoisotopic (exact) mass is 393 g/mol. The minimum Gasteiger partial charge on any atom is -0.355 e. The molecule has 1 amide bonds. The fourth-order valence-electron chi connectivity index (χ4n) is 3.62. The number of rotatable bonds is 4. The van der Waals surface area contributed by atoms with E-state index >= 15 is 0 Å². The fraction of sp³-hybridized carbons (Fsp3) is 0.0800. The van der Waals surface area contributed by atoms with Crippen molar-refractivity contribution in [2.24, 2.45) is 0 Å². The van der Waals surface area contributed by atoms with Crippen molar-refractivity contribution in [3.8, 4) is 0 Å². The Kier molecular flexibility index (Phi) is 4.48. The van der Waals surface area contributed by atoms with Crippen molar-refractivity contribution in [1.82, 2.24) is 4.98 Å². The van der Waals surface area contributed by atoms with Gasteiger partial charge in [-0.05, 0) is 54.8 Å². The summed E-state index contributed by atoms with van der Waals surface area (Å²) >= 11 is 0. The van der Waals surface area contributed by atoms with Gasteiger partial charge in [0.15, 0.2) is 5.78 Å². The van der Waals surface area contributed by atoms with Crippen molar-refractivity contribution < 1.29 is 9.59 Å². The van der Waals surface area contributed by atoms with E-state index in [1.807, 2.05) is 42.5 Å². The standard InChI is InChI=1S/C25H19N3O2/c29-22-15-21(24(16-8-9-16)20-6-2-1-5-19(20)22)27-18-12-10-17(11-13-18)25(30)28-23-7-3-4-14-26-23/h1-7,10-15,27H,8-9H2,(H,26,28,30). The summed E-state index contributed by atoms with van der Waals surface area (Å²) in [5, 5.41) is 6.15. The predicted molar refractivity (Wildman–Crippen MR) is 117 cm³/mol. The highest BCUT2D eigenvalue weighted by Gasteiger charge is 2.28. The summed E-state index contributed by atoms with van der Waals surface area (Å²) < 4.78 is 0. The smallest absolute Gasteiger partial charge is 0.256 e. The van der Waals surface area contributed by atoms with E-state index in [9.17, 15) is 9.59 Å². The number of carbonyl (C=O) groups is 2. The number of allylic oxidation sites excluding steroid dienone is 3. The summed E-state index contributed by atoms with van der Waals surface area (Å²) in [6.07, 6.45) is 5.42. The largest absolute Gasteiger partial charge is 0.355 e. The van der Waals surface area contributed by atoms with E-state index in [2.05, 4.69) is 15.6 Å². The Bertz CT molecular complexity index is 1200. The number of nitrogens with one attached hydrogen (secondary N) is 2.